The molecule has 0 heterocycles. The van der Waals surface area contributed by atoms with Gasteiger partial charge in [-0.3, -0.25) is 0 Å². The average molecular weight is 323 g/mol. The first kappa shape index (κ1) is 15.4. The molecule has 0 aliphatic carbocycles. The van der Waals surface area contributed by atoms with Crippen molar-refractivity contribution in [3.05, 3.63) is 69.7 Å². The number of hydrogen-bond acceptors (Lipinski definition) is 2. The zero-order valence-corrected chi connectivity index (χ0v) is 12.4. The molecule has 0 saturated heterocycles. The largest absolute Gasteiger partial charge is 0.488 e. The first-order valence-corrected chi connectivity index (χ1v) is 6.89. The summed E-state index contributed by atoms with van der Waals surface area (Å²) in [4.78, 5) is 10.6. The van der Waals surface area contributed by atoms with E-state index in [0.29, 0.717) is 21.4 Å². The molecule has 0 aliphatic heterocycles. The van der Waals surface area contributed by atoms with Gasteiger partial charge in [0, 0.05) is 17.2 Å². The van der Waals surface area contributed by atoms with Crippen LogP contribution in [0, 0.1) is 0 Å². The Bertz CT molecular complexity index is 681. The number of halogens is 2. The van der Waals surface area contributed by atoms with E-state index in [0.717, 1.165) is 11.6 Å². The molecule has 108 valence electrons. The summed E-state index contributed by atoms with van der Waals surface area (Å²) in [5.41, 5.74) is 1.44. The third-order valence-corrected chi connectivity index (χ3v) is 3.60. The molecule has 2 aromatic rings. The quantitative estimate of drug-likeness (QED) is 0.813. The molecule has 0 spiro atoms. The molecule has 0 amide bonds. The molecular formula is C16H12Cl2O3. The summed E-state index contributed by atoms with van der Waals surface area (Å²) in [5.74, 6) is -0.436. The molecule has 0 atom stereocenters. The standard InChI is InChI=1S/C16H12Cl2O3/c17-13-6-3-5-12(16(13)18)10-21-14-7-2-1-4-11(14)8-9-15(19)20/h1-9H,10H2,(H,19,20)/b9-8+. The molecule has 21 heavy (non-hydrogen) atoms. The van der Waals surface area contributed by atoms with Gasteiger partial charge >= 0.3 is 5.97 Å². The van der Waals surface area contributed by atoms with E-state index in [1.807, 2.05) is 12.1 Å². The minimum atomic E-state index is -1.01. The molecule has 0 saturated carbocycles. The summed E-state index contributed by atoms with van der Waals surface area (Å²) < 4.78 is 5.70. The smallest absolute Gasteiger partial charge is 0.328 e. The van der Waals surface area contributed by atoms with E-state index >= 15 is 0 Å². The number of benzene rings is 2. The van der Waals surface area contributed by atoms with E-state index < -0.39 is 5.97 Å². The Kier molecular flexibility index (Phi) is 5.26. The van der Waals surface area contributed by atoms with Crippen molar-refractivity contribution in [1.82, 2.24) is 0 Å². The minimum Gasteiger partial charge on any atom is -0.488 e. The van der Waals surface area contributed by atoms with E-state index in [1.165, 1.54) is 6.08 Å². The Balaban J connectivity index is 2.17. The number of aliphatic carboxylic acids is 1. The highest BCUT2D eigenvalue weighted by Crippen LogP contribution is 2.27. The molecule has 1 N–H and O–H groups in total. The maximum absolute atomic E-state index is 10.6. The van der Waals surface area contributed by atoms with E-state index in [4.69, 9.17) is 33.0 Å². The zero-order valence-electron chi connectivity index (χ0n) is 10.9. The lowest BCUT2D eigenvalue weighted by molar-refractivity contribution is -0.131. The fourth-order valence-corrected chi connectivity index (χ4v) is 2.10. The van der Waals surface area contributed by atoms with E-state index in [1.54, 1.807) is 30.3 Å². The van der Waals surface area contributed by atoms with Crippen molar-refractivity contribution in [3.63, 3.8) is 0 Å². The molecule has 0 aliphatic rings. The lowest BCUT2D eigenvalue weighted by atomic mass is 10.2. The first-order chi connectivity index (χ1) is 10.1. The van der Waals surface area contributed by atoms with Crippen LogP contribution >= 0.6 is 23.2 Å². The summed E-state index contributed by atoms with van der Waals surface area (Å²) in [6.45, 7) is 0.247. The van der Waals surface area contributed by atoms with Crippen molar-refractivity contribution >= 4 is 35.2 Å². The minimum absolute atomic E-state index is 0.247. The molecule has 2 rings (SSSR count). The number of carbonyl (C=O) groups is 1. The summed E-state index contributed by atoms with van der Waals surface area (Å²) in [5, 5.41) is 9.61. The Hall–Kier alpha value is -1.97. The van der Waals surface area contributed by atoms with Crippen LogP contribution in [0.5, 0.6) is 5.75 Å². The lowest BCUT2D eigenvalue weighted by Crippen LogP contribution is -1.98. The van der Waals surface area contributed by atoms with Crippen LogP contribution in [0.15, 0.2) is 48.5 Å². The van der Waals surface area contributed by atoms with Gasteiger partial charge in [-0.2, -0.15) is 0 Å². The number of ether oxygens (including phenoxy) is 1. The van der Waals surface area contributed by atoms with Gasteiger partial charge in [0.15, 0.2) is 0 Å². The SMILES string of the molecule is O=C(O)/C=C/c1ccccc1OCc1cccc(Cl)c1Cl. The second-order valence-corrected chi connectivity index (χ2v) is 5.00. The van der Waals surface area contributed by atoms with Crippen LogP contribution in [0.2, 0.25) is 10.0 Å². The van der Waals surface area contributed by atoms with Crippen LogP contribution in [0.1, 0.15) is 11.1 Å². The van der Waals surface area contributed by atoms with Gasteiger partial charge in [0.05, 0.1) is 10.0 Å². The average Bonchev–Trinajstić information content (AvgIpc) is 2.47. The van der Waals surface area contributed by atoms with Crippen LogP contribution < -0.4 is 4.74 Å². The summed E-state index contributed by atoms with van der Waals surface area (Å²) in [6, 6.07) is 12.5. The van der Waals surface area contributed by atoms with E-state index in [2.05, 4.69) is 0 Å². The van der Waals surface area contributed by atoms with Crippen LogP contribution in [0.25, 0.3) is 6.08 Å². The molecule has 0 radical (unpaired) electrons. The number of hydrogen-bond donors (Lipinski definition) is 1. The molecule has 0 aromatic heterocycles. The Morgan fingerprint density at radius 3 is 2.67 bits per heavy atom. The monoisotopic (exact) mass is 322 g/mol. The second kappa shape index (κ2) is 7.16. The number of carboxylic acid groups (broad SMARTS) is 1. The maximum Gasteiger partial charge on any atom is 0.328 e. The Morgan fingerprint density at radius 1 is 1.14 bits per heavy atom. The number of carboxylic acids is 1. The van der Waals surface area contributed by atoms with E-state index in [-0.39, 0.29) is 6.61 Å². The van der Waals surface area contributed by atoms with Gasteiger partial charge < -0.3 is 9.84 Å². The van der Waals surface area contributed by atoms with Gasteiger partial charge in [-0.15, -0.1) is 0 Å². The fourth-order valence-electron chi connectivity index (χ4n) is 1.73. The van der Waals surface area contributed by atoms with Crippen LogP contribution in [0.4, 0.5) is 0 Å². The van der Waals surface area contributed by atoms with Gasteiger partial charge in [0.25, 0.3) is 0 Å². The van der Waals surface area contributed by atoms with Crippen molar-refractivity contribution < 1.29 is 14.6 Å². The Labute approximate surface area is 132 Å². The van der Waals surface area contributed by atoms with E-state index in [9.17, 15) is 4.79 Å². The van der Waals surface area contributed by atoms with Gasteiger partial charge in [-0.1, -0.05) is 53.5 Å². The first-order valence-electron chi connectivity index (χ1n) is 6.13. The predicted octanol–water partition coefficient (Wildman–Crippen LogP) is 4.67. The molecular weight excluding hydrogens is 311 g/mol. The molecule has 0 bridgehead atoms. The maximum atomic E-state index is 10.6. The Morgan fingerprint density at radius 2 is 1.90 bits per heavy atom. The normalized spacial score (nSPS) is 10.8. The second-order valence-electron chi connectivity index (χ2n) is 4.21. The molecule has 5 heteroatoms. The summed E-state index contributed by atoms with van der Waals surface area (Å²) in [7, 11) is 0. The summed E-state index contributed by atoms with van der Waals surface area (Å²) >= 11 is 12.0. The zero-order chi connectivity index (χ0) is 15.2. The molecule has 0 fully saturated rings. The van der Waals surface area contributed by atoms with Crippen molar-refractivity contribution in [1.29, 1.82) is 0 Å². The lowest BCUT2D eigenvalue weighted by Gasteiger charge is -2.10. The predicted molar refractivity (Wildman–Crippen MR) is 83.9 cm³/mol. The van der Waals surface area contributed by atoms with Gasteiger partial charge in [0.2, 0.25) is 0 Å². The third-order valence-electron chi connectivity index (χ3n) is 2.74. The van der Waals surface area contributed by atoms with Crippen molar-refractivity contribution in [2.24, 2.45) is 0 Å². The van der Waals surface area contributed by atoms with Gasteiger partial charge in [-0.25, -0.2) is 4.79 Å². The topological polar surface area (TPSA) is 46.5 Å². The third kappa shape index (κ3) is 4.25. The van der Waals surface area contributed by atoms with Crippen LogP contribution in [-0.2, 0) is 11.4 Å². The van der Waals surface area contributed by atoms with Gasteiger partial charge in [0.1, 0.15) is 12.4 Å². The van der Waals surface area contributed by atoms with Crippen LogP contribution in [0.3, 0.4) is 0 Å². The molecule has 0 unspecified atom stereocenters. The number of para-hydroxylation sites is 1. The van der Waals surface area contributed by atoms with Gasteiger partial charge in [-0.05, 0) is 18.2 Å². The fraction of sp³-hybridized carbons (Fsp3) is 0.0625. The molecule has 2 aromatic carbocycles. The highest BCUT2D eigenvalue weighted by atomic mass is 35.5. The highest BCUT2D eigenvalue weighted by molar-refractivity contribution is 6.42. The van der Waals surface area contributed by atoms with Crippen molar-refractivity contribution in [3.8, 4) is 5.75 Å². The molecule has 3 nitrogen and oxygen atoms in total. The van der Waals surface area contributed by atoms with Crippen molar-refractivity contribution in [2.45, 2.75) is 6.61 Å². The van der Waals surface area contributed by atoms with Crippen molar-refractivity contribution in [2.75, 3.05) is 0 Å². The van der Waals surface area contributed by atoms with Crippen LogP contribution in [-0.4, -0.2) is 11.1 Å². The number of rotatable bonds is 5. The summed E-state index contributed by atoms with van der Waals surface area (Å²) in [6.07, 6.45) is 2.55. The highest BCUT2D eigenvalue weighted by Gasteiger charge is 2.06.